The van der Waals surface area contributed by atoms with Crippen molar-refractivity contribution in [3.8, 4) is 5.75 Å². The third kappa shape index (κ3) is 2.51. The van der Waals surface area contributed by atoms with E-state index in [-0.39, 0.29) is 24.7 Å². The Morgan fingerprint density at radius 2 is 2.00 bits per heavy atom. The standard InChI is InChI=1S/C9H12ClNO2.ClH/c1-5-3-8(12)7(4-11-13)6(2)9(5)10;/h3,11-13H,4H2,1-2H3;1H. The van der Waals surface area contributed by atoms with Gasteiger partial charge in [-0.05, 0) is 31.0 Å². The first kappa shape index (κ1) is 13.5. The van der Waals surface area contributed by atoms with Crippen LogP contribution in [0.4, 0.5) is 0 Å². The SMILES string of the molecule is Cc1cc(O)c(CNO)c(C)c1Cl.Cl. The van der Waals surface area contributed by atoms with E-state index >= 15 is 0 Å². The van der Waals surface area contributed by atoms with Gasteiger partial charge in [-0.2, -0.15) is 0 Å². The van der Waals surface area contributed by atoms with Crippen molar-refractivity contribution in [3.05, 3.63) is 27.8 Å². The number of aryl methyl sites for hydroxylation is 1. The maximum Gasteiger partial charge on any atom is 0.120 e. The molecule has 0 heterocycles. The Hall–Kier alpha value is -0.480. The highest BCUT2D eigenvalue weighted by molar-refractivity contribution is 6.32. The number of rotatable bonds is 2. The van der Waals surface area contributed by atoms with Gasteiger partial charge in [-0.3, -0.25) is 0 Å². The fourth-order valence-corrected chi connectivity index (χ4v) is 1.45. The number of phenols is 1. The number of nitrogens with one attached hydrogen (secondary N) is 1. The molecule has 0 radical (unpaired) electrons. The normalized spacial score (nSPS) is 9.71. The second-order valence-corrected chi connectivity index (χ2v) is 3.34. The molecule has 0 amide bonds. The van der Waals surface area contributed by atoms with Crippen LogP contribution in [0, 0.1) is 13.8 Å². The zero-order valence-corrected chi connectivity index (χ0v) is 9.54. The molecule has 1 aromatic rings. The second-order valence-electron chi connectivity index (χ2n) is 2.97. The van der Waals surface area contributed by atoms with E-state index in [0.717, 1.165) is 11.1 Å². The van der Waals surface area contributed by atoms with Crippen LogP contribution >= 0.6 is 24.0 Å². The zero-order chi connectivity index (χ0) is 10.0. The number of hydrogen-bond acceptors (Lipinski definition) is 3. The third-order valence-corrected chi connectivity index (χ3v) is 2.63. The van der Waals surface area contributed by atoms with Gasteiger partial charge in [0.1, 0.15) is 5.75 Å². The highest BCUT2D eigenvalue weighted by Gasteiger charge is 2.10. The average Bonchev–Trinajstić information content (AvgIpc) is 2.09. The summed E-state index contributed by atoms with van der Waals surface area (Å²) in [5.41, 5.74) is 4.24. The topological polar surface area (TPSA) is 52.5 Å². The van der Waals surface area contributed by atoms with E-state index in [2.05, 4.69) is 0 Å². The fraction of sp³-hybridized carbons (Fsp3) is 0.333. The van der Waals surface area contributed by atoms with Gasteiger partial charge < -0.3 is 10.3 Å². The zero-order valence-electron chi connectivity index (χ0n) is 7.97. The quantitative estimate of drug-likeness (QED) is 0.694. The van der Waals surface area contributed by atoms with Gasteiger partial charge >= 0.3 is 0 Å². The summed E-state index contributed by atoms with van der Waals surface area (Å²) in [4.78, 5) is 0. The number of hydrogen-bond donors (Lipinski definition) is 3. The molecular formula is C9H13Cl2NO2. The van der Waals surface area contributed by atoms with Crippen LogP contribution in [0.25, 0.3) is 0 Å². The van der Waals surface area contributed by atoms with Gasteiger partial charge in [0.05, 0.1) is 0 Å². The van der Waals surface area contributed by atoms with E-state index in [1.807, 2.05) is 19.3 Å². The van der Waals surface area contributed by atoms with E-state index in [1.54, 1.807) is 6.07 Å². The molecule has 0 fully saturated rings. The van der Waals surface area contributed by atoms with Crippen molar-refractivity contribution in [2.45, 2.75) is 20.4 Å². The van der Waals surface area contributed by atoms with Crippen LogP contribution in [-0.2, 0) is 6.54 Å². The molecule has 3 N–H and O–H groups in total. The van der Waals surface area contributed by atoms with Crippen LogP contribution in [0.3, 0.4) is 0 Å². The molecule has 0 unspecified atom stereocenters. The van der Waals surface area contributed by atoms with E-state index in [0.29, 0.717) is 10.6 Å². The van der Waals surface area contributed by atoms with Gasteiger partial charge in [0.15, 0.2) is 0 Å². The first-order chi connectivity index (χ1) is 6.07. The minimum Gasteiger partial charge on any atom is -0.508 e. The van der Waals surface area contributed by atoms with Crippen molar-refractivity contribution in [1.82, 2.24) is 5.48 Å². The molecule has 5 heteroatoms. The molecule has 3 nitrogen and oxygen atoms in total. The summed E-state index contributed by atoms with van der Waals surface area (Å²) < 4.78 is 0. The van der Waals surface area contributed by atoms with Crippen molar-refractivity contribution < 1.29 is 10.3 Å². The lowest BCUT2D eigenvalue weighted by molar-refractivity contribution is 0.160. The summed E-state index contributed by atoms with van der Waals surface area (Å²) in [5.74, 6) is 0.154. The lowest BCUT2D eigenvalue weighted by Crippen LogP contribution is -2.08. The Bertz CT molecular complexity index is 329. The van der Waals surface area contributed by atoms with E-state index < -0.39 is 0 Å². The molecule has 0 atom stereocenters. The molecule has 0 saturated carbocycles. The molecule has 0 spiro atoms. The van der Waals surface area contributed by atoms with Crippen LogP contribution in [0.1, 0.15) is 16.7 Å². The average molecular weight is 238 g/mol. The molecule has 0 aromatic heterocycles. The highest BCUT2D eigenvalue weighted by Crippen LogP contribution is 2.30. The van der Waals surface area contributed by atoms with Gasteiger partial charge in [-0.1, -0.05) is 11.6 Å². The van der Waals surface area contributed by atoms with Crippen molar-refractivity contribution in [2.24, 2.45) is 0 Å². The number of benzene rings is 1. The summed E-state index contributed by atoms with van der Waals surface area (Å²) in [5, 5.41) is 18.7. The molecule has 0 bridgehead atoms. The molecule has 1 aromatic carbocycles. The van der Waals surface area contributed by atoms with Crippen molar-refractivity contribution in [1.29, 1.82) is 0 Å². The lowest BCUT2D eigenvalue weighted by Gasteiger charge is -2.11. The summed E-state index contributed by atoms with van der Waals surface area (Å²) in [6.07, 6.45) is 0. The maximum atomic E-state index is 9.52. The Morgan fingerprint density at radius 1 is 1.43 bits per heavy atom. The van der Waals surface area contributed by atoms with Crippen molar-refractivity contribution >= 4 is 24.0 Å². The Kier molecular flexibility index (Phi) is 5.23. The number of halogens is 2. The maximum absolute atomic E-state index is 9.52. The first-order valence-corrected chi connectivity index (χ1v) is 4.30. The molecule has 0 saturated heterocycles. The predicted molar refractivity (Wildman–Crippen MR) is 58.5 cm³/mol. The number of hydroxylamine groups is 1. The van der Waals surface area contributed by atoms with Crippen LogP contribution in [0.15, 0.2) is 6.07 Å². The third-order valence-electron chi connectivity index (χ3n) is 2.05. The minimum atomic E-state index is 0. The fourth-order valence-electron chi connectivity index (χ4n) is 1.28. The van der Waals surface area contributed by atoms with Crippen molar-refractivity contribution in [3.63, 3.8) is 0 Å². The van der Waals surface area contributed by atoms with Gasteiger partial charge in [-0.15, -0.1) is 12.4 Å². The first-order valence-electron chi connectivity index (χ1n) is 3.92. The Labute approximate surface area is 94.1 Å². The van der Waals surface area contributed by atoms with Gasteiger partial charge in [0, 0.05) is 17.1 Å². The molecule has 0 aliphatic heterocycles. The summed E-state index contributed by atoms with van der Waals surface area (Å²) in [7, 11) is 0. The molecule has 80 valence electrons. The summed E-state index contributed by atoms with van der Waals surface area (Å²) in [6.45, 7) is 3.82. The largest absolute Gasteiger partial charge is 0.508 e. The van der Waals surface area contributed by atoms with Gasteiger partial charge in [0.2, 0.25) is 0 Å². The summed E-state index contributed by atoms with van der Waals surface area (Å²) >= 11 is 5.97. The van der Waals surface area contributed by atoms with Crippen LogP contribution in [0.5, 0.6) is 5.75 Å². The Balaban J connectivity index is 0.00000169. The van der Waals surface area contributed by atoms with Crippen molar-refractivity contribution in [2.75, 3.05) is 0 Å². The number of phenolic OH excluding ortho intramolecular Hbond substituents is 1. The van der Waals surface area contributed by atoms with E-state index in [1.165, 1.54) is 0 Å². The smallest absolute Gasteiger partial charge is 0.120 e. The molecule has 14 heavy (non-hydrogen) atoms. The van der Waals surface area contributed by atoms with Crippen LogP contribution in [0.2, 0.25) is 5.02 Å². The van der Waals surface area contributed by atoms with Gasteiger partial charge in [-0.25, -0.2) is 5.48 Å². The van der Waals surface area contributed by atoms with E-state index in [4.69, 9.17) is 16.8 Å². The monoisotopic (exact) mass is 237 g/mol. The molecular weight excluding hydrogens is 225 g/mol. The highest BCUT2D eigenvalue weighted by atomic mass is 35.5. The second kappa shape index (κ2) is 5.41. The van der Waals surface area contributed by atoms with Crippen LogP contribution in [-0.4, -0.2) is 10.3 Å². The van der Waals surface area contributed by atoms with Gasteiger partial charge in [0.25, 0.3) is 0 Å². The number of aromatic hydroxyl groups is 1. The van der Waals surface area contributed by atoms with Crippen LogP contribution < -0.4 is 5.48 Å². The minimum absolute atomic E-state index is 0. The van der Waals surface area contributed by atoms with E-state index in [9.17, 15) is 5.11 Å². The lowest BCUT2D eigenvalue weighted by atomic mass is 10.0. The molecule has 0 aliphatic carbocycles. The Morgan fingerprint density at radius 3 is 2.50 bits per heavy atom. The molecule has 0 aliphatic rings. The molecule has 1 rings (SSSR count). The summed E-state index contributed by atoms with van der Waals surface area (Å²) in [6, 6.07) is 1.59. The predicted octanol–water partition coefficient (Wildman–Crippen LogP) is 2.56.